The lowest BCUT2D eigenvalue weighted by atomic mass is 10.0. The van der Waals surface area contributed by atoms with E-state index >= 15 is 0 Å². The zero-order valence-electron chi connectivity index (χ0n) is 11.7. The van der Waals surface area contributed by atoms with Crippen LogP contribution in [0, 0.1) is 17.8 Å². The monoisotopic (exact) mass is 295 g/mol. The molecule has 2 aliphatic carbocycles. The van der Waals surface area contributed by atoms with Gasteiger partial charge in [-0.2, -0.15) is 8.78 Å². The van der Waals surface area contributed by atoms with Crippen molar-refractivity contribution < 1.29 is 18.3 Å². The number of hydrogen-bond donors (Lipinski definition) is 1. The van der Waals surface area contributed by atoms with Gasteiger partial charge in [0.2, 0.25) is 5.91 Å². The van der Waals surface area contributed by atoms with Crippen LogP contribution in [0.25, 0.3) is 0 Å². The minimum absolute atomic E-state index is 0.156. The number of fused-ring (bicyclic) bond motifs is 1. The number of hydrogen-bond acceptors (Lipinski definition) is 2. The highest BCUT2D eigenvalue weighted by Crippen LogP contribution is 2.54. The van der Waals surface area contributed by atoms with E-state index in [0.29, 0.717) is 13.0 Å². The van der Waals surface area contributed by atoms with Crippen molar-refractivity contribution in [1.29, 1.82) is 0 Å². The molecule has 3 nitrogen and oxygen atoms in total. The minimum Gasteiger partial charge on any atom is -0.435 e. The third-order valence-electron chi connectivity index (χ3n) is 4.48. The fourth-order valence-electron chi connectivity index (χ4n) is 3.24. The Balaban J connectivity index is 1.39. The van der Waals surface area contributed by atoms with Gasteiger partial charge in [0.15, 0.2) is 0 Å². The number of ether oxygens (including phenoxy) is 1. The Kier molecular flexibility index (Phi) is 4.08. The van der Waals surface area contributed by atoms with Crippen LogP contribution in [0.4, 0.5) is 8.78 Å². The summed E-state index contributed by atoms with van der Waals surface area (Å²) in [5, 5.41) is 2.97. The van der Waals surface area contributed by atoms with Crippen LogP contribution in [0.2, 0.25) is 0 Å². The number of rotatable bonds is 6. The summed E-state index contributed by atoms with van der Waals surface area (Å²) in [6.07, 6.45) is 4.11. The van der Waals surface area contributed by atoms with Crippen LogP contribution in [0.5, 0.6) is 5.75 Å². The van der Waals surface area contributed by atoms with E-state index in [9.17, 15) is 13.6 Å². The molecule has 2 atom stereocenters. The SMILES string of the molecule is O=C(NCCc1ccc(OC(F)F)cc1)C1CC2CC2C1. The van der Waals surface area contributed by atoms with E-state index in [0.717, 1.165) is 30.2 Å². The Morgan fingerprint density at radius 2 is 1.86 bits per heavy atom. The molecule has 2 saturated carbocycles. The lowest BCUT2D eigenvalue weighted by molar-refractivity contribution is -0.125. The highest BCUT2D eigenvalue weighted by Gasteiger charge is 2.47. The minimum atomic E-state index is -2.80. The Morgan fingerprint density at radius 1 is 1.19 bits per heavy atom. The van der Waals surface area contributed by atoms with Crippen LogP contribution in [-0.2, 0) is 11.2 Å². The highest BCUT2D eigenvalue weighted by atomic mass is 19.3. The molecular weight excluding hydrogens is 276 g/mol. The molecular formula is C16H19F2NO2. The molecule has 0 bridgehead atoms. The van der Waals surface area contributed by atoms with Crippen LogP contribution >= 0.6 is 0 Å². The Bertz CT molecular complexity index is 494. The first-order valence-electron chi connectivity index (χ1n) is 7.43. The van der Waals surface area contributed by atoms with Gasteiger partial charge in [0.25, 0.3) is 0 Å². The molecule has 0 aliphatic heterocycles. The van der Waals surface area contributed by atoms with Crippen LogP contribution in [0.1, 0.15) is 24.8 Å². The Hall–Kier alpha value is -1.65. The first-order chi connectivity index (χ1) is 10.1. The van der Waals surface area contributed by atoms with Crippen LogP contribution in [0.3, 0.4) is 0 Å². The number of nitrogens with one attached hydrogen (secondary N) is 1. The fourth-order valence-corrected chi connectivity index (χ4v) is 3.24. The number of carbonyl (C=O) groups excluding carboxylic acids is 1. The Morgan fingerprint density at radius 3 is 2.48 bits per heavy atom. The zero-order valence-corrected chi connectivity index (χ0v) is 11.7. The third kappa shape index (κ3) is 3.71. The molecule has 1 amide bonds. The van der Waals surface area contributed by atoms with Crippen molar-refractivity contribution >= 4 is 5.91 Å². The van der Waals surface area contributed by atoms with Crippen LogP contribution < -0.4 is 10.1 Å². The maximum absolute atomic E-state index is 12.0. The summed E-state index contributed by atoms with van der Waals surface area (Å²) in [6, 6.07) is 6.53. The van der Waals surface area contributed by atoms with E-state index < -0.39 is 6.61 Å². The van der Waals surface area contributed by atoms with E-state index in [-0.39, 0.29) is 17.6 Å². The van der Waals surface area contributed by atoms with Crippen molar-refractivity contribution in [2.24, 2.45) is 17.8 Å². The van der Waals surface area contributed by atoms with Crippen molar-refractivity contribution in [2.75, 3.05) is 6.54 Å². The van der Waals surface area contributed by atoms with Crippen LogP contribution in [0.15, 0.2) is 24.3 Å². The standard InChI is InChI=1S/C16H19F2NO2/c17-16(18)21-14-3-1-10(2-4-14)5-6-19-15(20)13-8-11-7-12(11)9-13/h1-4,11-13,16H,5-9H2,(H,19,20). The molecule has 1 aromatic carbocycles. The topological polar surface area (TPSA) is 38.3 Å². The van der Waals surface area contributed by atoms with E-state index in [1.807, 2.05) is 0 Å². The summed E-state index contributed by atoms with van der Waals surface area (Å²) in [5.41, 5.74) is 0.992. The summed E-state index contributed by atoms with van der Waals surface area (Å²) in [7, 11) is 0. The molecule has 0 saturated heterocycles. The highest BCUT2D eigenvalue weighted by molar-refractivity contribution is 5.79. The largest absolute Gasteiger partial charge is 0.435 e. The fraction of sp³-hybridized carbons (Fsp3) is 0.562. The van der Waals surface area contributed by atoms with Gasteiger partial charge in [-0.25, -0.2) is 0 Å². The number of alkyl halides is 2. The molecule has 2 aliphatic rings. The van der Waals surface area contributed by atoms with Gasteiger partial charge in [0, 0.05) is 12.5 Å². The van der Waals surface area contributed by atoms with Gasteiger partial charge in [0.05, 0.1) is 0 Å². The quantitative estimate of drug-likeness (QED) is 0.876. The number of halogens is 2. The average Bonchev–Trinajstić information content (AvgIpc) is 3.06. The summed E-state index contributed by atoms with van der Waals surface area (Å²) < 4.78 is 28.3. The van der Waals surface area contributed by atoms with Crippen molar-refractivity contribution in [2.45, 2.75) is 32.3 Å². The Labute approximate surface area is 122 Å². The van der Waals surface area contributed by atoms with Gasteiger partial charge in [-0.05, 0) is 55.2 Å². The molecule has 3 rings (SSSR count). The second-order valence-electron chi connectivity index (χ2n) is 5.99. The molecule has 0 spiro atoms. The molecule has 2 unspecified atom stereocenters. The molecule has 114 valence electrons. The smallest absolute Gasteiger partial charge is 0.387 e. The predicted molar refractivity (Wildman–Crippen MR) is 74.1 cm³/mol. The van der Waals surface area contributed by atoms with Crippen molar-refractivity contribution in [1.82, 2.24) is 5.32 Å². The number of carbonyl (C=O) groups is 1. The van der Waals surface area contributed by atoms with Crippen molar-refractivity contribution in [3.63, 3.8) is 0 Å². The van der Waals surface area contributed by atoms with Gasteiger partial charge in [0.1, 0.15) is 5.75 Å². The van der Waals surface area contributed by atoms with Gasteiger partial charge < -0.3 is 10.1 Å². The maximum Gasteiger partial charge on any atom is 0.387 e. The summed E-state index contributed by atoms with van der Waals surface area (Å²) in [5.74, 6) is 2.14. The van der Waals surface area contributed by atoms with Gasteiger partial charge in [-0.15, -0.1) is 0 Å². The molecule has 0 radical (unpaired) electrons. The number of benzene rings is 1. The van der Waals surface area contributed by atoms with Crippen molar-refractivity contribution in [3.05, 3.63) is 29.8 Å². The van der Waals surface area contributed by atoms with E-state index in [1.165, 1.54) is 18.6 Å². The lowest BCUT2D eigenvalue weighted by Gasteiger charge is -2.12. The molecule has 5 heteroatoms. The van der Waals surface area contributed by atoms with Crippen LogP contribution in [-0.4, -0.2) is 19.1 Å². The summed E-state index contributed by atoms with van der Waals surface area (Å²) in [6.45, 7) is -2.22. The summed E-state index contributed by atoms with van der Waals surface area (Å²) >= 11 is 0. The van der Waals surface area contributed by atoms with Gasteiger partial charge >= 0.3 is 6.61 Å². The third-order valence-corrected chi connectivity index (χ3v) is 4.48. The van der Waals surface area contributed by atoms with Crippen molar-refractivity contribution in [3.8, 4) is 5.75 Å². The van der Waals surface area contributed by atoms with E-state index in [2.05, 4.69) is 10.1 Å². The predicted octanol–water partition coefficient (Wildman–Crippen LogP) is 2.99. The van der Waals surface area contributed by atoms with Gasteiger partial charge in [-0.3, -0.25) is 4.79 Å². The zero-order chi connectivity index (χ0) is 14.8. The number of amides is 1. The van der Waals surface area contributed by atoms with E-state index in [4.69, 9.17) is 0 Å². The molecule has 1 N–H and O–H groups in total. The first kappa shape index (κ1) is 14.3. The summed E-state index contributed by atoms with van der Waals surface area (Å²) in [4.78, 5) is 12.0. The molecule has 0 heterocycles. The molecule has 21 heavy (non-hydrogen) atoms. The normalized spacial score (nSPS) is 26.5. The second-order valence-corrected chi connectivity index (χ2v) is 5.99. The average molecular weight is 295 g/mol. The molecule has 0 aromatic heterocycles. The molecule has 2 fully saturated rings. The molecule has 1 aromatic rings. The lowest BCUT2D eigenvalue weighted by Crippen LogP contribution is -2.31. The first-order valence-corrected chi connectivity index (χ1v) is 7.43. The second kappa shape index (κ2) is 6.00. The van der Waals surface area contributed by atoms with E-state index in [1.54, 1.807) is 12.1 Å². The van der Waals surface area contributed by atoms with Gasteiger partial charge in [-0.1, -0.05) is 12.1 Å². The maximum atomic E-state index is 12.0.